The van der Waals surface area contributed by atoms with Crippen LogP contribution in [0.3, 0.4) is 0 Å². The highest BCUT2D eigenvalue weighted by Gasteiger charge is 2.30. The van der Waals surface area contributed by atoms with Crippen LogP contribution in [0.2, 0.25) is 12.6 Å². The van der Waals surface area contributed by atoms with E-state index in [0.29, 0.717) is 0 Å². The Hall–Kier alpha value is -2.21. The van der Waals surface area contributed by atoms with E-state index in [9.17, 15) is 8.42 Å². The molecule has 5 heteroatoms. The number of aryl methyl sites for hydroxylation is 1. The highest BCUT2D eigenvalue weighted by Crippen LogP contribution is 2.13. The maximum absolute atomic E-state index is 10.5. The van der Waals surface area contributed by atoms with Crippen molar-refractivity contribution in [2.45, 2.75) is 37.8 Å². The maximum Gasteiger partial charge on any atom is 0.294 e. The van der Waals surface area contributed by atoms with Crippen LogP contribution in [-0.4, -0.2) is 21.0 Å². The fourth-order valence-electron chi connectivity index (χ4n) is 3.28. The summed E-state index contributed by atoms with van der Waals surface area (Å²) in [6, 6.07) is 29.4. The van der Waals surface area contributed by atoms with Crippen molar-refractivity contribution < 1.29 is 13.0 Å². The van der Waals surface area contributed by atoms with Crippen molar-refractivity contribution in [2.24, 2.45) is 0 Å². The smallest absolute Gasteiger partial charge is 0.282 e. The van der Waals surface area contributed by atoms with Gasteiger partial charge in [-0.05, 0) is 25.1 Å². The van der Waals surface area contributed by atoms with E-state index in [1.165, 1.54) is 24.6 Å². The number of hydrogen-bond acceptors (Lipinski definition) is 2. The molecule has 3 nitrogen and oxygen atoms in total. The summed E-state index contributed by atoms with van der Waals surface area (Å²) >= 11 is 0. The fourth-order valence-corrected chi connectivity index (χ4v) is 7.52. The Morgan fingerprint density at radius 2 is 1.21 bits per heavy atom. The molecule has 28 heavy (non-hydrogen) atoms. The van der Waals surface area contributed by atoms with E-state index < -0.39 is 18.2 Å². The van der Waals surface area contributed by atoms with Gasteiger partial charge in [-0.1, -0.05) is 109 Å². The lowest BCUT2D eigenvalue weighted by molar-refractivity contribution is 0.483. The SMILES string of the molecule is CCC[Si](C)(c1ccccc1)c1ccccc1.Cc1ccc(S(=O)(=O)O)cc1. The third kappa shape index (κ3) is 5.89. The van der Waals surface area contributed by atoms with Crippen LogP contribution in [-0.2, 0) is 10.1 Å². The number of hydrogen-bond donors (Lipinski definition) is 1. The predicted octanol–water partition coefficient (Wildman–Crippen LogP) is 4.53. The molecule has 0 aromatic heterocycles. The van der Waals surface area contributed by atoms with Gasteiger partial charge in [0.25, 0.3) is 10.1 Å². The van der Waals surface area contributed by atoms with Gasteiger partial charge in [-0.3, -0.25) is 4.55 Å². The van der Waals surface area contributed by atoms with E-state index in [0.717, 1.165) is 5.56 Å². The lowest BCUT2D eigenvalue weighted by atomic mass is 10.2. The first-order valence-corrected chi connectivity index (χ1v) is 13.6. The Bertz CT molecular complexity index is 914. The van der Waals surface area contributed by atoms with Crippen molar-refractivity contribution in [1.82, 2.24) is 0 Å². The molecule has 0 bridgehead atoms. The number of rotatable bonds is 5. The van der Waals surface area contributed by atoms with Gasteiger partial charge in [0.1, 0.15) is 8.07 Å². The Morgan fingerprint density at radius 1 is 0.786 bits per heavy atom. The quantitative estimate of drug-likeness (QED) is 0.495. The molecule has 0 fully saturated rings. The van der Waals surface area contributed by atoms with Crippen LogP contribution in [0.25, 0.3) is 0 Å². The van der Waals surface area contributed by atoms with Gasteiger partial charge in [-0.2, -0.15) is 8.42 Å². The van der Waals surface area contributed by atoms with Crippen LogP contribution in [0.4, 0.5) is 0 Å². The van der Waals surface area contributed by atoms with Crippen molar-refractivity contribution in [3.05, 3.63) is 90.5 Å². The first-order chi connectivity index (χ1) is 13.3. The minimum Gasteiger partial charge on any atom is -0.282 e. The Labute approximate surface area is 169 Å². The minimum absolute atomic E-state index is 0.0666. The molecular formula is C23H28O3SSi. The molecule has 0 atom stereocenters. The molecule has 3 aromatic rings. The lowest BCUT2D eigenvalue weighted by Crippen LogP contribution is -2.55. The van der Waals surface area contributed by atoms with Gasteiger partial charge in [0.05, 0.1) is 4.90 Å². The summed E-state index contributed by atoms with van der Waals surface area (Å²) in [4.78, 5) is -0.0666. The normalized spacial score (nSPS) is 11.4. The first kappa shape index (κ1) is 22.1. The largest absolute Gasteiger partial charge is 0.294 e. The van der Waals surface area contributed by atoms with Crippen molar-refractivity contribution in [1.29, 1.82) is 0 Å². The van der Waals surface area contributed by atoms with E-state index in [1.807, 2.05) is 6.92 Å². The summed E-state index contributed by atoms with van der Waals surface area (Å²) in [5, 5.41) is 3.10. The predicted molar refractivity (Wildman–Crippen MR) is 120 cm³/mol. The average Bonchev–Trinajstić information content (AvgIpc) is 2.69. The summed E-state index contributed by atoms with van der Waals surface area (Å²) in [5.41, 5.74) is 0.956. The van der Waals surface area contributed by atoms with E-state index in [2.05, 4.69) is 74.1 Å². The molecule has 0 aliphatic rings. The molecule has 0 aliphatic heterocycles. The van der Waals surface area contributed by atoms with E-state index in [1.54, 1.807) is 22.5 Å². The Morgan fingerprint density at radius 3 is 1.57 bits per heavy atom. The molecular weight excluding hydrogens is 384 g/mol. The van der Waals surface area contributed by atoms with E-state index >= 15 is 0 Å². The van der Waals surface area contributed by atoms with Gasteiger partial charge in [0.15, 0.2) is 0 Å². The molecule has 3 aromatic carbocycles. The highest BCUT2D eigenvalue weighted by atomic mass is 32.2. The van der Waals surface area contributed by atoms with Crippen LogP contribution in [0.15, 0.2) is 89.8 Å². The van der Waals surface area contributed by atoms with Crippen LogP contribution in [0, 0.1) is 6.92 Å². The van der Waals surface area contributed by atoms with Gasteiger partial charge in [-0.25, -0.2) is 0 Å². The monoisotopic (exact) mass is 412 g/mol. The third-order valence-electron chi connectivity index (χ3n) is 4.89. The lowest BCUT2D eigenvalue weighted by Gasteiger charge is -2.28. The molecule has 0 saturated heterocycles. The first-order valence-electron chi connectivity index (χ1n) is 9.42. The van der Waals surface area contributed by atoms with Gasteiger partial charge in [-0.15, -0.1) is 0 Å². The summed E-state index contributed by atoms with van der Waals surface area (Å²) in [6.45, 7) is 6.62. The summed E-state index contributed by atoms with van der Waals surface area (Å²) in [6.07, 6.45) is 1.26. The maximum atomic E-state index is 10.5. The van der Waals surface area contributed by atoms with Crippen molar-refractivity contribution in [3.63, 3.8) is 0 Å². The Balaban J connectivity index is 0.000000221. The highest BCUT2D eigenvalue weighted by molar-refractivity contribution is 7.85. The van der Waals surface area contributed by atoms with Crippen LogP contribution in [0.5, 0.6) is 0 Å². The zero-order chi connectivity index (χ0) is 20.6. The third-order valence-corrected chi connectivity index (χ3v) is 10.5. The molecule has 3 rings (SSSR count). The van der Waals surface area contributed by atoms with E-state index in [-0.39, 0.29) is 4.90 Å². The molecule has 0 aliphatic carbocycles. The summed E-state index contributed by atoms with van der Waals surface area (Å²) in [7, 11) is -5.52. The topological polar surface area (TPSA) is 54.4 Å². The summed E-state index contributed by atoms with van der Waals surface area (Å²) < 4.78 is 29.6. The number of benzene rings is 3. The van der Waals surface area contributed by atoms with Crippen molar-refractivity contribution >= 4 is 28.6 Å². The summed E-state index contributed by atoms with van der Waals surface area (Å²) in [5.74, 6) is 0. The van der Waals surface area contributed by atoms with Gasteiger partial charge < -0.3 is 0 Å². The minimum atomic E-state index is -4.02. The van der Waals surface area contributed by atoms with Crippen molar-refractivity contribution in [3.8, 4) is 0 Å². The zero-order valence-corrected chi connectivity index (χ0v) is 18.5. The van der Waals surface area contributed by atoms with E-state index in [4.69, 9.17) is 4.55 Å². The molecule has 0 radical (unpaired) electrons. The van der Waals surface area contributed by atoms with Gasteiger partial charge >= 0.3 is 0 Å². The fraction of sp³-hybridized carbons (Fsp3) is 0.217. The van der Waals surface area contributed by atoms with Crippen LogP contribution in [0.1, 0.15) is 18.9 Å². The molecule has 0 heterocycles. The average molecular weight is 413 g/mol. The van der Waals surface area contributed by atoms with Crippen LogP contribution >= 0.6 is 0 Å². The van der Waals surface area contributed by atoms with Gasteiger partial charge in [0, 0.05) is 0 Å². The molecule has 148 valence electrons. The zero-order valence-electron chi connectivity index (χ0n) is 16.7. The molecule has 0 spiro atoms. The standard InChI is InChI=1S/C16H20Si.C7H8O3S/c1-3-14-17(2,15-10-6-4-7-11-15)16-12-8-5-9-13-16;1-6-2-4-7(5-3-6)11(8,9)10/h4-13H,3,14H2,1-2H3;2-5H,1H3,(H,8,9,10). The Kier molecular flexibility index (Phi) is 7.75. The van der Waals surface area contributed by atoms with Crippen molar-refractivity contribution in [2.75, 3.05) is 0 Å². The molecule has 0 unspecified atom stereocenters. The molecule has 0 saturated carbocycles. The second-order valence-electron chi connectivity index (χ2n) is 7.10. The van der Waals surface area contributed by atoms with Gasteiger partial charge in [0.2, 0.25) is 0 Å². The molecule has 1 N–H and O–H groups in total. The second kappa shape index (κ2) is 9.82. The van der Waals surface area contributed by atoms with Crippen LogP contribution < -0.4 is 10.4 Å². The molecule has 0 amide bonds. The second-order valence-corrected chi connectivity index (χ2v) is 12.8.